The molecule has 0 unspecified atom stereocenters. The minimum absolute atomic E-state index is 0.146. The molecule has 2 atom stereocenters. The van der Waals surface area contributed by atoms with Crippen molar-refractivity contribution in [1.29, 1.82) is 0 Å². The summed E-state index contributed by atoms with van der Waals surface area (Å²) in [6.07, 6.45) is 0.935. The van der Waals surface area contributed by atoms with Crippen molar-refractivity contribution < 1.29 is 9.53 Å². The van der Waals surface area contributed by atoms with Crippen LogP contribution in [0.4, 0.5) is 4.79 Å². The summed E-state index contributed by atoms with van der Waals surface area (Å²) < 4.78 is 5.60. The maximum atomic E-state index is 12.0. The minimum atomic E-state index is -0.383. The Morgan fingerprint density at radius 1 is 1.50 bits per heavy atom. The number of likely N-dealkylation sites (tertiary alicyclic amines) is 1. The molecule has 92 valence electrons. The van der Waals surface area contributed by atoms with Crippen LogP contribution in [-0.4, -0.2) is 41.8 Å². The van der Waals surface area contributed by atoms with Crippen LogP contribution < -0.4 is 5.32 Å². The molecule has 1 amide bonds. The highest BCUT2D eigenvalue weighted by Gasteiger charge is 2.42. The molecular formula is C12H22N2O2. The number of piperazine rings is 1. The Kier molecular flexibility index (Phi) is 2.86. The van der Waals surface area contributed by atoms with Gasteiger partial charge < -0.3 is 15.0 Å². The summed E-state index contributed by atoms with van der Waals surface area (Å²) in [7, 11) is 0. The summed E-state index contributed by atoms with van der Waals surface area (Å²) >= 11 is 0. The molecule has 0 aromatic heterocycles. The summed E-state index contributed by atoms with van der Waals surface area (Å²) in [6, 6.07) is 0.833. The molecule has 0 saturated carbocycles. The van der Waals surface area contributed by atoms with E-state index in [0.717, 1.165) is 19.5 Å². The second kappa shape index (κ2) is 3.91. The fourth-order valence-corrected chi connectivity index (χ4v) is 2.19. The van der Waals surface area contributed by atoms with Gasteiger partial charge in [0.05, 0.1) is 0 Å². The molecule has 4 heteroatoms. The van der Waals surface area contributed by atoms with E-state index in [1.807, 2.05) is 18.7 Å². The number of hydrogen-bond donors (Lipinski definition) is 1. The van der Waals surface area contributed by atoms with E-state index < -0.39 is 0 Å². The zero-order valence-corrected chi connectivity index (χ0v) is 10.6. The first-order valence-electron chi connectivity index (χ1n) is 6.13. The van der Waals surface area contributed by atoms with Crippen LogP contribution in [0.5, 0.6) is 0 Å². The first-order valence-corrected chi connectivity index (χ1v) is 6.13. The Morgan fingerprint density at radius 3 is 2.62 bits per heavy atom. The lowest BCUT2D eigenvalue weighted by Crippen LogP contribution is -2.49. The van der Waals surface area contributed by atoms with E-state index in [1.54, 1.807) is 0 Å². The van der Waals surface area contributed by atoms with Crippen LogP contribution in [-0.2, 0) is 4.74 Å². The first kappa shape index (κ1) is 11.7. The average molecular weight is 226 g/mol. The van der Waals surface area contributed by atoms with Crippen molar-refractivity contribution in [3.05, 3.63) is 0 Å². The van der Waals surface area contributed by atoms with Gasteiger partial charge in [0.25, 0.3) is 0 Å². The van der Waals surface area contributed by atoms with Crippen molar-refractivity contribution in [2.24, 2.45) is 5.92 Å². The van der Waals surface area contributed by atoms with E-state index >= 15 is 0 Å². The van der Waals surface area contributed by atoms with Gasteiger partial charge in [0.2, 0.25) is 0 Å². The Balaban J connectivity index is 1.94. The number of carbonyl (C=O) groups is 1. The summed E-state index contributed by atoms with van der Waals surface area (Å²) in [4.78, 5) is 13.9. The minimum Gasteiger partial charge on any atom is -0.443 e. The maximum Gasteiger partial charge on any atom is 0.410 e. The number of nitrogens with one attached hydrogen (secondary N) is 1. The number of rotatable bonds is 2. The molecule has 2 fully saturated rings. The van der Waals surface area contributed by atoms with E-state index in [9.17, 15) is 4.79 Å². The van der Waals surface area contributed by atoms with Crippen molar-refractivity contribution in [2.75, 3.05) is 13.1 Å². The van der Waals surface area contributed by atoms with E-state index in [2.05, 4.69) is 19.2 Å². The van der Waals surface area contributed by atoms with E-state index in [1.165, 1.54) is 0 Å². The Bertz CT molecular complexity index is 289. The Morgan fingerprint density at radius 2 is 2.19 bits per heavy atom. The number of fused-ring (bicyclic) bond motifs is 2. The third-order valence-corrected chi connectivity index (χ3v) is 4.03. The van der Waals surface area contributed by atoms with Crippen LogP contribution in [0.1, 0.15) is 34.1 Å². The van der Waals surface area contributed by atoms with Crippen LogP contribution in [0.25, 0.3) is 0 Å². The Labute approximate surface area is 97.3 Å². The van der Waals surface area contributed by atoms with Crippen LogP contribution >= 0.6 is 0 Å². The third-order valence-electron chi connectivity index (χ3n) is 4.03. The largest absolute Gasteiger partial charge is 0.443 e. The predicted molar refractivity (Wildman–Crippen MR) is 62.3 cm³/mol. The molecule has 2 aliphatic rings. The molecule has 0 radical (unpaired) electrons. The molecule has 2 aliphatic heterocycles. The summed E-state index contributed by atoms with van der Waals surface area (Å²) in [5.74, 6) is 0.328. The van der Waals surface area contributed by atoms with Crippen LogP contribution in [0.2, 0.25) is 0 Å². The lowest BCUT2D eigenvalue weighted by atomic mass is 9.95. The van der Waals surface area contributed by atoms with Crippen molar-refractivity contribution in [1.82, 2.24) is 10.2 Å². The molecule has 2 bridgehead atoms. The van der Waals surface area contributed by atoms with Crippen LogP contribution in [0, 0.1) is 5.92 Å². The number of nitrogens with zero attached hydrogens (tertiary/aromatic N) is 1. The summed E-state index contributed by atoms with van der Waals surface area (Å²) in [5.41, 5.74) is -0.383. The van der Waals surface area contributed by atoms with Crippen molar-refractivity contribution in [2.45, 2.75) is 51.8 Å². The molecule has 0 spiro atoms. The zero-order valence-electron chi connectivity index (χ0n) is 10.6. The van der Waals surface area contributed by atoms with Gasteiger partial charge in [-0.2, -0.15) is 0 Å². The zero-order chi connectivity index (χ0) is 11.9. The second-order valence-corrected chi connectivity index (χ2v) is 5.77. The van der Waals surface area contributed by atoms with Crippen LogP contribution in [0.3, 0.4) is 0 Å². The van der Waals surface area contributed by atoms with Gasteiger partial charge in [-0.1, -0.05) is 13.8 Å². The normalized spacial score (nSPS) is 28.9. The van der Waals surface area contributed by atoms with Crippen molar-refractivity contribution >= 4 is 6.09 Å². The third kappa shape index (κ3) is 2.03. The highest BCUT2D eigenvalue weighted by atomic mass is 16.6. The number of hydrogen-bond acceptors (Lipinski definition) is 3. The maximum absolute atomic E-state index is 12.0. The fraction of sp³-hybridized carbons (Fsp3) is 0.917. The number of ether oxygens (including phenoxy) is 1. The molecular weight excluding hydrogens is 204 g/mol. The van der Waals surface area contributed by atoms with Gasteiger partial charge in [-0.25, -0.2) is 4.79 Å². The lowest BCUT2D eigenvalue weighted by Gasteiger charge is -2.34. The van der Waals surface area contributed by atoms with E-state index in [0.29, 0.717) is 18.0 Å². The lowest BCUT2D eigenvalue weighted by molar-refractivity contribution is -0.0179. The van der Waals surface area contributed by atoms with E-state index in [4.69, 9.17) is 4.74 Å². The molecule has 2 heterocycles. The number of carbonyl (C=O) groups excluding carboxylic acids is 1. The van der Waals surface area contributed by atoms with Crippen molar-refractivity contribution in [3.8, 4) is 0 Å². The fourth-order valence-electron chi connectivity index (χ4n) is 2.19. The van der Waals surface area contributed by atoms with E-state index in [-0.39, 0.29) is 11.7 Å². The van der Waals surface area contributed by atoms with Gasteiger partial charge in [-0.3, -0.25) is 0 Å². The highest BCUT2D eigenvalue weighted by molar-refractivity contribution is 5.69. The topological polar surface area (TPSA) is 41.6 Å². The van der Waals surface area contributed by atoms with Gasteiger partial charge in [0.15, 0.2) is 0 Å². The molecule has 0 aromatic carbocycles. The molecule has 1 N–H and O–H groups in total. The highest BCUT2D eigenvalue weighted by Crippen LogP contribution is 2.27. The van der Waals surface area contributed by atoms with Crippen LogP contribution in [0.15, 0.2) is 0 Å². The SMILES string of the molecule is CC(C)C(C)(C)OC(=O)N1C[C@H]2C[C@@H]1CN2. The quantitative estimate of drug-likeness (QED) is 0.777. The molecule has 2 rings (SSSR count). The molecule has 4 nitrogen and oxygen atoms in total. The summed E-state index contributed by atoms with van der Waals surface area (Å²) in [6.45, 7) is 9.82. The van der Waals surface area contributed by atoms with Gasteiger partial charge >= 0.3 is 6.09 Å². The monoisotopic (exact) mass is 226 g/mol. The Hall–Kier alpha value is -0.770. The number of amides is 1. The molecule has 2 saturated heterocycles. The van der Waals surface area contributed by atoms with Gasteiger partial charge in [-0.15, -0.1) is 0 Å². The summed E-state index contributed by atoms with van der Waals surface area (Å²) in [5, 5.41) is 3.38. The predicted octanol–water partition coefficient (Wildman–Crippen LogP) is 1.60. The molecule has 0 aliphatic carbocycles. The standard InChI is InChI=1S/C12H22N2O2/c1-8(2)12(3,4)16-11(15)14-7-9-5-10(14)6-13-9/h8-10,13H,5-7H2,1-4H3/t9-,10-/m1/s1. The van der Waals surface area contributed by atoms with Gasteiger partial charge in [0, 0.05) is 25.2 Å². The van der Waals surface area contributed by atoms with Gasteiger partial charge in [0.1, 0.15) is 5.60 Å². The average Bonchev–Trinajstić information content (AvgIpc) is 2.77. The smallest absolute Gasteiger partial charge is 0.410 e. The molecule has 0 aromatic rings. The van der Waals surface area contributed by atoms with Crippen molar-refractivity contribution in [3.63, 3.8) is 0 Å². The first-order chi connectivity index (χ1) is 7.40. The second-order valence-electron chi connectivity index (χ2n) is 5.77. The van der Waals surface area contributed by atoms with Gasteiger partial charge in [-0.05, 0) is 26.2 Å². The molecule has 16 heavy (non-hydrogen) atoms.